The van der Waals surface area contributed by atoms with E-state index < -0.39 is 0 Å². The molecule has 2 aliphatic rings. The highest BCUT2D eigenvalue weighted by Crippen LogP contribution is 2.38. The number of piperazine rings is 1. The lowest BCUT2D eigenvalue weighted by Crippen LogP contribution is -2.51. The second kappa shape index (κ2) is 10.2. The maximum Gasteiger partial charge on any atom is 0.355 e. The molecule has 194 valence electrons. The molecule has 3 aromatic rings. The Morgan fingerprint density at radius 1 is 1.16 bits per heavy atom. The molecule has 37 heavy (non-hydrogen) atoms. The van der Waals surface area contributed by atoms with Gasteiger partial charge in [-0.25, -0.2) is 14.3 Å². The minimum absolute atomic E-state index is 0.184. The zero-order valence-electron chi connectivity index (χ0n) is 21.6. The van der Waals surface area contributed by atoms with Gasteiger partial charge in [0, 0.05) is 41.4 Å². The van der Waals surface area contributed by atoms with Crippen LogP contribution in [0.3, 0.4) is 0 Å². The van der Waals surface area contributed by atoms with Crippen LogP contribution in [-0.2, 0) is 0 Å². The van der Waals surface area contributed by atoms with Crippen LogP contribution >= 0.6 is 27.5 Å². The van der Waals surface area contributed by atoms with E-state index in [1.165, 1.54) is 0 Å². The zero-order valence-corrected chi connectivity index (χ0v) is 24.0. The van der Waals surface area contributed by atoms with E-state index >= 15 is 0 Å². The summed E-state index contributed by atoms with van der Waals surface area (Å²) in [6, 6.07) is 10.0. The maximum absolute atomic E-state index is 13.8. The molecule has 2 N–H and O–H groups in total. The van der Waals surface area contributed by atoms with Gasteiger partial charge in [0.1, 0.15) is 5.82 Å². The lowest BCUT2D eigenvalue weighted by Gasteiger charge is -2.39. The number of nitrogens with zero attached hydrogens (tertiary/aromatic N) is 5. The van der Waals surface area contributed by atoms with Gasteiger partial charge in [-0.2, -0.15) is 4.98 Å². The molecule has 9 heteroatoms. The van der Waals surface area contributed by atoms with Crippen molar-refractivity contribution < 1.29 is 0 Å². The van der Waals surface area contributed by atoms with Crippen LogP contribution in [0.15, 0.2) is 51.4 Å². The fraction of sp³-hybridized carbons (Fsp3) is 0.393. The van der Waals surface area contributed by atoms with E-state index in [1.807, 2.05) is 30.3 Å². The van der Waals surface area contributed by atoms with Crippen molar-refractivity contribution in [1.29, 1.82) is 0 Å². The lowest BCUT2D eigenvalue weighted by atomic mass is 10.00. The Morgan fingerprint density at radius 3 is 2.65 bits per heavy atom. The van der Waals surface area contributed by atoms with E-state index in [0.29, 0.717) is 22.2 Å². The molecule has 0 saturated carbocycles. The number of aromatic nitrogens is 3. The van der Waals surface area contributed by atoms with E-state index in [2.05, 4.69) is 64.6 Å². The number of likely N-dealkylation sites (N-methyl/N-ethyl adjacent to an activating group) is 1. The summed E-state index contributed by atoms with van der Waals surface area (Å²) in [5, 5.41) is 1.25. The molecule has 1 saturated heterocycles. The summed E-state index contributed by atoms with van der Waals surface area (Å²) < 4.78 is 2.63. The van der Waals surface area contributed by atoms with Gasteiger partial charge in [0.15, 0.2) is 5.65 Å². The minimum Gasteiger partial charge on any atom is -0.402 e. The van der Waals surface area contributed by atoms with Gasteiger partial charge < -0.3 is 15.5 Å². The van der Waals surface area contributed by atoms with Gasteiger partial charge >= 0.3 is 5.69 Å². The van der Waals surface area contributed by atoms with Gasteiger partial charge in [0.2, 0.25) is 0 Å². The summed E-state index contributed by atoms with van der Waals surface area (Å²) >= 11 is 10.6. The Morgan fingerprint density at radius 2 is 1.92 bits per heavy atom. The van der Waals surface area contributed by atoms with Gasteiger partial charge in [-0.3, -0.25) is 0 Å². The largest absolute Gasteiger partial charge is 0.402 e. The Hall–Kier alpha value is -2.68. The molecule has 7 nitrogen and oxygen atoms in total. The first-order valence-corrected chi connectivity index (χ1v) is 13.9. The van der Waals surface area contributed by atoms with Crippen LogP contribution in [0, 0.1) is 0 Å². The van der Waals surface area contributed by atoms with Crippen molar-refractivity contribution >= 4 is 50.0 Å². The molecule has 0 spiro atoms. The highest BCUT2D eigenvalue weighted by molar-refractivity contribution is 9.11. The number of fused-ring (bicyclic) bond motifs is 1. The second-order valence-electron chi connectivity index (χ2n) is 10.3. The van der Waals surface area contributed by atoms with Crippen molar-refractivity contribution in [3.63, 3.8) is 0 Å². The van der Waals surface area contributed by atoms with Crippen LogP contribution < -0.4 is 16.3 Å². The first kappa shape index (κ1) is 25.9. The molecule has 1 aliphatic heterocycles. The Balaban J connectivity index is 1.84. The minimum atomic E-state index is -0.353. The van der Waals surface area contributed by atoms with Gasteiger partial charge in [0.05, 0.1) is 21.8 Å². The number of allylic oxidation sites excluding steroid dienone is 4. The van der Waals surface area contributed by atoms with Crippen LogP contribution in [0.2, 0.25) is 5.02 Å². The van der Waals surface area contributed by atoms with Gasteiger partial charge in [0.25, 0.3) is 0 Å². The summed E-state index contributed by atoms with van der Waals surface area (Å²) in [4.78, 5) is 28.0. The van der Waals surface area contributed by atoms with Gasteiger partial charge in [-0.05, 0) is 56.5 Å². The lowest BCUT2D eigenvalue weighted by molar-refractivity contribution is 0.275. The fourth-order valence-corrected chi connectivity index (χ4v) is 6.04. The quantitative estimate of drug-likeness (QED) is 0.441. The molecule has 0 radical (unpaired) electrons. The van der Waals surface area contributed by atoms with Crippen molar-refractivity contribution in [3.8, 4) is 5.69 Å². The smallest absolute Gasteiger partial charge is 0.355 e. The average molecular weight is 584 g/mol. The number of halogens is 2. The Labute approximate surface area is 230 Å². The molecular weight excluding hydrogens is 552 g/mol. The molecule has 1 unspecified atom stereocenters. The van der Waals surface area contributed by atoms with E-state index in [9.17, 15) is 4.79 Å². The van der Waals surface area contributed by atoms with Crippen molar-refractivity contribution in [2.24, 2.45) is 5.73 Å². The first-order chi connectivity index (χ1) is 17.7. The molecule has 1 fully saturated rings. The molecule has 0 amide bonds. The van der Waals surface area contributed by atoms with Crippen molar-refractivity contribution in [2.45, 2.75) is 45.6 Å². The highest BCUT2D eigenvalue weighted by Gasteiger charge is 2.28. The third-order valence-electron chi connectivity index (χ3n) is 7.21. The van der Waals surface area contributed by atoms with E-state index in [0.717, 1.165) is 64.9 Å². The SMILES string of the molecule is CC(C)c1ccccc1-n1c(=O)nc(N2CCN(C)CC2C)c2cc(Cl)c(C3=C(Br)CCC(N)=C3)nc21. The molecule has 1 aliphatic carbocycles. The number of anilines is 1. The van der Waals surface area contributed by atoms with Crippen LogP contribution in [0.4, 0.5) is 5.82 Å². The summed E-state index contributed by atoms with van der Waals surface area (Å²) in [7, 11) is 2.11. The third-order valence-corrected chi connectivity index (χ3v) is 8.33. The van der Waals surface area contributed by atoms with Crippen LogP contribution in [0.25, 0.3) is 22.3 Å². The van der Waals surface area contributed by atoms with Gasteiger partial charge in [-0.15, -0.1) is 0 Å². The number of rotatable bonds is 4. The topological polar surface area (TPSA) is 80.3 Å². The Bertz CT molecular complexity index is 1490. The Kier molecular flexibility index (Phi) is 7.18. The van der Waals surface area contributed by atoms with Gasteiger partial charge in [-0.1, -0.05) is 59.6 Å². The van der Waals surface area contributed by atoms with Crippen molar-refractivity contribution in [3.05, 3.63) is 73.4 Å². The first-order valence-electron chi connectivity index (χ1n) is 12.7. The predicted octanol–water partition coefficient (Wildman–Crippen LogP) is 5.44. The van der Waals surface area contributed by atoms with Crippen LogP contribution in [0.5, 0.6) is 0 Å². The molecular formula is C28H32BrClN6O. The normalized spacial score (nSPS) is 19.2. The molecule has 5 rings (SSSR count). The van der Waals surface area contributed by atoms with E-state index in [1.54, 1.807) is 4.57 Å². The predicted molar refractivity (Wildman–Crippen MR) is 156 cm³/mol. The van der Waals surface area contributed by atoms with E-state index in [-0.39, 0.29) is 17.6 Å². The number of para-hydroxylation sites is 1. The molecule has 1 aromatic carbocycles. The number of nitrogens with two attached hydrogens (primary N) is 1. The number of hydrogen-bond acceptors (Lipinski definition) is 6. The van der Waals surface area contributed by atoms with Crippen LogP contribution in [0.1, 0.15) is 50.8 Å². The standard InChI is InChI=1S/C28H32BrClN6O/c1-16(2)19-7-5-6-8-24(19)36-27-21(26(33-28(36)37)35-12-11-34(4)15-17(35)3)14-23(30)25(32-27)20-13-18(31)9-10-22(20)29/h5-8,13-14,16-17H,9-12,15,31H2,1-4H3. The fourth-order valence-electron chi connectivity index (χ4n) is 5.29. The zero-order chi connectivity index (χ0) is 26.4. The van der Waals surface area contributed by atoms with E-state index in [4.69, 9.17) is 22.3 Å². The summed E-state index contributed by atoms with van der Waals surface area (Å²) in [6.45, 7) is 8.92. The second-order valence-corrected chi connectivity index (χ2v) is 11.7. The monoisotopic (exact) mass is 582 g/mol. The molecule has 2 aromatic heterocycles. The number of benzene rings is 1. The average Bonchev–Trinajstić information content (AvgIpc) is 2.85. The molecule has 0 bridgehead atoms. The number of hydrogen-bond donors (Lipinski definition) is 1. The van der Waals surface area contributed by atoms with Crippen molar-refractivity contribution in [1.82, 2.24) is 19.4 Å². The summed E-state index contributed by atoms with van der Waals surface area (Å²) in [5.41, 5.74) is 10.4. The molecule has 3 heterocycles. The van der Waals surface area contributed by atoms with Crippen molar-refractivity contribution in [2.75, 3.05) is 31.6 Å². The highest BCUT2D eigenvalue weighted by atomic mass is 79.9. The summed E-state index contributed by atoms with van der Waals surface area (Å²) in [5.74, 6) is 0.840. The third kappa shape index (κ3) is 4.82. The molecule has 1 atom stereocenters. The van der Waals surface area contributed by atoms with Crippen LogP contribution in [-0.4, -0.2) is 52.2 Å². The maximum atomic E-state index is 13.8. The number of pyridine rings is 1. The summed E-state index contributed by atoms with van der Waals surface area (Å²) in [6.07, 6.45) is 3.47.